The standard InChI is InChI=1S/C18H25N5O2/c1-13(2)17(18(24)22-7-9-25-10-8-22)21-15-5-4-6-16(20-15)23-12-14(3)11-19-23/h4-6,11-13,17H,7-10H2,1-3H3,(H,20,21). The minimum atomic E-state index is -0.319. The molecule has 1 unspecified atom stereocenters. The van der Waals surface area contributed by atoms with Crippen molar-refractivity contribution in [3.63, 3.8) is 0 Å². The number of aryl methyl sites for hydroxylation is 1. The highest BCUT2D eigenvalue weighted by molar-refractivity contribution is 5.84. The van der Waals surface area contributed by atoms with E-state index in [9.17, 15) is 4.79 Å². The number of anilines is 1. The smallest absolute Gasteiger partial charge is 0.245 e. The van der Waals surface area contributed by atoms with E-state index in [4.69, 9.17) is 4.74 Å². The summed E-state index contributed by atoms with van der Waals surface area (Å²) < 4.78 is 7.07. The Hall–Kier alpha value is -2.41. The zero-order valence-corrected chi connectivity index (χ0v) is 15.0. The van der Waals surface area contributed by atoms with Crippen molar-refractivity contribution in [2.75, 3.05) is 31.6 Å². The van der Waals surface area contributed by atoms with Crippen molar-refractivity contribution in [2.24, 2.45) is 5.92 Å². The van der Waals surface area contributed by atoms with Gasteiger partial charge < -0.3 is 15.0 Å². The lowest BCUT2D eigenvalue weighted by atomic mass is 10.0. The Bertz CT molecular complexity index is 722. The Balaban J connectivity index is 1.77. The maximum Gasteiger partial charge on any atom is 0.245 e. The summed E-state index contributed by atoms with van der Waals surface area (Å²) in [7, 11) is 0. The quantitative estimate of drug-likeness (QED) is 0.897. The molecule has 3 heterocycles. The molecule has 0 saturated carbocycles. The molecule has 1 aliphatic heterocycles. The summed E-state index contributed by atoms with van der Waals surface area (Å²) in [5, 5.41) is 7.60. The molecular weight excluding hydrogens is 318 g/mol. The molecule has 1 atom stereocenters. The van der Waals surface area contributed by atoms with Crippen molar-refractivity contribution < 1.29 is 9.53 Å². The molecule has 1 amide bonds. The highest BCUT2D eigenvalue weighted by Crippen LogP contribution is 2.16. The van der Waals surface area contributed by atoms with Crippen molar-refractivity contribution in [3.05, 3.63) is 36.2 Å². The molecule has 1 aliphatic rings. The fourth-order valence-electron chi connectivity index (χ4n) is 2.82. The third-order valence-corrected chi connectivity index (χ3v) is 4.24. The fraction of sp³-hybridized carbons (Fsp3) is 0.500. The molecule has 2 aromatic heterocycles. The lowest BCUT2D eigenvalue weighted by Crippen LogP contribution is -2.49. The molecular formula is C18H25N5O2. The molecule has 0 aliphatic carbocycles. The second-order valence-electron chi connectivity index (χ2n) is 6.65. The highest BCUT2D eigenvalue weighted by Gasteiger charge is 2.28. The van der Waals surface area contributed by atoms with Gasteiger partial charge >= 0.3 is 0 Å². The molecule has 1 N–H and O–H groups in total. The second-order valence-corrected chi connectivity index (χ2v) is 6.65. The van der Waals surface area contributed by atoms with Gasteiger partial charge in [0.25, 0.3) is 0 Å². The van der Waals surface area contributed by atoms with Gasteiger partial charge in [-0.3, -0.25) is 4.79 Å². The van der Waals surface area contributed by atoms with E-state index >= 15 is 0 Å². The van der Waals surface area contributed by atoms with E-state index in [1.807, 2.05) is 50.1 Å². The predicted molar refractivity (Wildman–Crippen MR) is 95.7 cm³/mol. The first-order valence-electron chi connectivity index (χ1n) is 8.66. The normalized spacial score (nSPS) is 16.1. The van der Waals surface area contributed by atoms with Crippen LogP contribution in [0.1, 0.15) is 19.4 Å². The number of nitrogens with zero attached hydrogens (tertiary/aromatic N) is 4. The summed E-state index contributed by atoms with van der Waals surface area (Å²) >= 11 is 0. The van der Waals surface area contributed by atoms with E-state index in [-0.39, 0.29) is 17.9 Å². The third-order valence-electron chi connectivity index (χ3n) is 4.24. The first kappa shape index (κ1) is 17.4. The number of ether oxygens (including phenoxy) is 1. The Morgan fingerprint density at radius 3 is 2.68 bits per heavy atom. The van der Waals surface area contributed by atoms with Gasteiger partial charge in [0.05, 0.1) is 19.4 Å². The van der Waals surface area contributed by atoms with Crippen LogP contribution in [0.25, 0.3) is 5.82 Å². The number of morpholine rings is 1. The molecule has 25 heavy (non-hydrogen) atoms. The molecule has 0 bridgehead atoms. The molecule has 134 valence electrons. The van der Waals surface area contributed by atoms with Crippen molar-refractivity contribution >= 4 is 11.7 Å². The van der Waals surface area contributed by atoms with Crippen LogP contribution in [0, 0.1) is 12.8 Å². The van der Waals surface area contributed by atoms with Crippen molar-refractivity contribution in [3.8, 4) is 5.82 Å². The number of carbonyl (C=O) groups is 1. The lowest BCUT2D eigenvalue weighted by Gasteiger charge is -2.32. The molecule has 2 aromatic rings. The van der Waals surface area contributed by atoms with Crippen LogP contribution in [0.5, 0.6) is 0 Å². The maximum absolute atomic E-state index is 12.9. The number of hydrogen-bond donors (Lipinski definition) is 1. The molecule has 0 aromatic carbocycles. The second kappa shape index (κ2) is 7.65. The summed E-state index contributed by atoms with van der Waals surface area (Å²) in [5.41, 5.74) is 1.07. The fourth-order valence-corrected chi connectivity index (χ4v) is 2.82. The number of aromatic nitrogens is 3. The van der Waals surface area contributed by atoms with Crippen LogP contribution in [-0.2, 0) is 9.53 Å². The van der Waals surface area contributed by atoms with E-state index in [0.717, 1.165) is 11.4 Å². The zero-order chi connectivity index (χ0) is 17.8. The summed E-state index contributed by atoms with van der Waals surface area (Å²) in [5.74, 6) is 1.64. The average Bonchev–Trinajstić information content (AvgIpc) is 3.06. The van der Waals surface area contributed by atoms with Gasteiger partial charge in [0.2, 0.25) is 5.91 Å². The Morgan fingerprint density at radius 1 is 1.28 bits per heavy atom. The number of nitrogens with one attached hydrogen (secondary N) is 1. The number of amides is 1. The van der Waals surface area contributed by atoms with Gasteiger partial charge in [-0.2, -0.15) is 5.10 Å². The van der Waals surface area contributed by atoms with E-state index in [0.29, 0.717) is 32.1 Å². The van der Waals surface area contributed by atoms with Crippen LogP contribution in [0.3, 0.4) is 0 Å². The van der Waals surface area contributed by atoms with Gasteiger partial charge in [-0.05, 0) is 30.5 Å². The molecule has 3 rings (SSSR count). The average molecular weight is 343 g/mol. The van der Waals surface area contributed by atoms with Crippen LogP contribution in [0.15, 0.2) is 30.6 Å². The van der Waals surface area contributed by atoms with Crippen molar-refractivity contribution in [1.29, 1.82) is 0 Å². The molecule has 7 heteroatoms. The number of hydrogen-bond acceptors (Lipinski definition) is 5. The predicted octanol–water partition coefficient (Wildman–Crippen LogP) is 1.87. The number of pyridine rings is 1. The Labute approximate surface area is 148 Å². The molecule has 0 radical (unpaired) electrons. The molecule has 0 spiro atoms. The van der Waals surface area contributed by atoms with Gasteiger partial charge in [-0.15, -0.1) is 0 Å². The van der Waals surface area contributed by atoms with Gasteiger partial charge in [-0.1, -0.05) is 19.9 Å². The lowest BCUT2D eigenvalue weighted by molar-refractivity contribution is -0.137. The monoisotopic (exact) mass is 343 g/mol. The van der Waals surface area contributed by atoms with Crippen LogP contribution in [-0.4, -0.2) is 57.9 Å². The Morgan fingerprint density at radius 2 is 2.04 bits per heavy atom. The number of carbonyl (C=O) groups excluding carboxylic acids is 1. The first-order chi connectivity index (χ1) is 12.0. The highest BCUT2D eigenvalue weighted by atomic mass is 16.5. The topological polar surface area (TPSA) is 72.3 Å². The van der Waals surface area contributed by atoms with Crippen LogP contribution < -0.4 is 5.32 Å². The largest absolute Gasteiger partial charge is 0.378 e. The van der Waals surface area contributed by atoms with Gasteiger partial charge in [0.1, 0.15) is 11.9 Å². The van der Waals surface area contributed by atoms with Crippen molar-refractivity contribution in [1.82, 2.24) is 19.7 Å². The minimum absolute atomic E-state index is 0.0976. The van der Waals surface area contributed by atoms with Crippen LogP contribution in [0.4, 0.5) is 5.82 Å². The van der Waals surface area contributed by atoms with Gasteiger partial charge in [0, 0.05) is 19.3 Å². The molecule has 1 fully saturated rings. The first-order valence-corrected chi connectivity index (χ1v) is 8.66. The SMILES string of the molecule is Cc1cnn(-c2cccc(NC(C(=O)N3CCOCC3)C(C)C)n2)c1. The molecule has 1 saturated heterocycles. The van der Waals surface area contributed by atoms with Crippen molar-refractivity contribution in [2.45, 2.75) is 26.8 Å². The summed E-state index contributed by atoms with van der Waals surface area (Å²) in [6.45, 7) is 8.55. The third kappa shape index (κ3) is 4.17. The van der Waals surface area contributed by atoms with Crippen LogP contribution >= 0.6 is 0 Å². The van der Waals surface area contributed by atoms with E-state index < -0.39 is 0 Å². The van der Waals surface area contributed by atoms with Crippen LogP contribution in [0.2, 0.25) is 0 Å². The maximum atomic E-state index is 12.9. The summed E-state index contributed by atoms with van der Waals surface area (Å²) in [6.07, 6.45) is 3.71. The summed E-state index contributed by atoms with van der Waals surface area (Å²) in [6, 6.07) is 5.37. The number of rotatable bonds is 5. The van der Waals surface area contributed by atoms with Gasteiger partial charge in [-0.25, -0.2) is 9.67 Å². The van der Waals surface area contributed by atoms with E-state index in [2.05, 4.69) is 15.4 Å². The van der Waals surface area contributed by atoms with E-state index in [1.165, 1.54) is 0 Å². The van der Waals surface area contributed by atoms with Gasteiger partial charge in [0.15, 0.2) is 5.82 Å². The minimum Gasteiger partial charge on any atom is -0.378 e. The molecule has 7 nitrogen and oxygen atoms in total. The van der Waals surface area contributed by atoms with E-state index in [1.54, 1.807) is 10.9 Å². The summed E-state index contributed by atoms with van der Waals surface area (Å²) in [4.78, 5) is 19.3. The zero-order valence-electron chi connectivity index (χ0n) is 15.0. The Kier molecular flexibility index (Phi) is 5.33.